The summed E-state index contributed by atoms with van der Waals surface area (Å²) in [5.74, 6) is -0.857. The van der Waals surface area contributed by atoms with Crippen LogP contribution in [0.1, 0.15) is 44.6 Å². The standard InChI is InChI=1S/C18H23ClN2O5/c1-2-26-18(23)17(12-6-4-3-5-7-12)20-16(22)10-13-8-9-14(19)11-15(13)21(24)25/h8-9,11-12,17H,2-7,10H2,1H3,(H,20,22). The van der Waals surface area contributed by atoms with Gasteiger partial charge >= 0.3 is 5.97 Å². The number of hydrogen-bond acceptors (Lipinski definition) is 5. The number of hydrogen-bond donors (Lipinski definition) is 1. The highest BCUT2D eigenvalue weighted by molar-refractivity contribution is 6.30. The van der Waals surface area contributed by atoms with Crippen molar-refractivity contribution in [2.24, 2.45) is 5.92 Å². The van der Waals surface area contributed by atoms with Crippen molar-refractivity contribution < 1.29 is 19.2 Å². The van der Waals surface area contributed by atoms with Crippen molar-refractivity contribution in [3.05, 3.63) is 38.9 Å². The van der Waals surface area contributed by atoms with E-state index in [9.17, 15) is 19.7 Å². The lowest BCUT2D eigenvalue weighted by Crippen LogP contribution is -2.48. The topological polar surface area (TPSA) is 98.5 Å². The molecule has 7 nitrogen and oxygen atoms in total. The first kappa shape index (κ1) is 20.2. The van der Waals surface area contributed by atoms with Gasteiger partial charge in [0.25, 0.3) is 5.69 Å². The van der Waals surface area contributed by atoms with Crippen LogP contribution in [0.4, 0.5) is 5.69 Å². The van der Waals surface area contributed by atoms with Gasteiger partial charge in [0.2, 0.25) is 5.91 Å². The Balaban J connectivity index is 2.11. The van der Waals surface area contributed by atoms with Crippen molar-refractivity contribution >= 4 is 29.2 Å². The minimum absolute atomic E-state index is 0.0342. The Morgan fingerprint density at radius 1 is 1.35 bits per heavy atom. The van der Waals surface area contributed by atoms with E-state index in [1.165, 1.54) is 18.2 Å². The average Bonchev–Trinajstić information content (AvgIpc) is 2.62. The molecular formula is C18H23ClN2O5. The molecule has 0 saturated heterocycles. The predicted molar refractivity (Wildman–Crippen MR) is 96.9 cm³/mol. The third-order valence-corrected chi connectivity index (χ3v) is 4.81. The molecule has 1 saturated carbocycles. The van der Waals surface area contributed by atoms with E-state index in [-0.39, 0.29) is 35.2 Å². The molecule has 142 valence electrons. The van der Waals surface area contributed by atoms with Crippen molar-refractivity contribution in [2.45, 2.75) is 51.5 Å². The number of benzene rings is 1. The third-order valence-electron chi connectivity index (χ3n) is 4.57. The van der Waals surface area contributed by atoms with Gasteiger partial charge < -0.3 is 10.1 Å². The molecule has 2 rings (SSSR count). The summed E-state index contributed by atoms with van der Waals surface area (Å²) in [4.78, 5) is 35.3. The second kappa shape index (κ2) is 9.52. The zero-order valence-electron chi connectivity index (χ0n) is 14.7. The summed E-state index contributed by atoms with van der Waals surface area (Å²) in [6.07, 6.45) is 4.65. The first-order chi connectivity index (χ1) is 12.4. The fourth-order valence-electron chi connectivity index (χ4n) is 3.32. The number of nitrogens with one attached hydrogen (secondary N) is 1. The van der Waals surface area contributed by atoms with Crippen molar-refractivity contribution in [1.82, 2.24) is 5.32 Å². The van der Waals surface area contributed by atoms with Crippen LogP contribution in [0.25, 0.3) is 0 Å². The smallest absolute Gasteiger partial charge is 0.328 e. The number of nitrogens with zero attached hydrogens (tertiary/aromatic N) is 1. The second-order valence-corrected chi connectivity index (χ2v) is 6.84. The highest BCUT2D eigenvalue weighted by Crippen LogP contribution is 2.28. The predicted octanol–water partition coefficient (Wildman–Crippen LogP) is 3.42. The summed E-state index contributed by atoms with van der Waals surface area (Å²) >= 11 is 5.79. The number of esters is 1. The average molecular weight is 383 g/mol. The molecule has 0 bridgehead atoms. The van der Waals surface area contributed by atoms with Gasteiger partial charge in [-0.25, -0.2) is 4.79 Å². The van der Waals surface area contributed by atoms with Crippen LogP contribution >= 0.6 is 11.6 Å². The molecule has 26 heavy (non-hydrogen) atoms. The molecule has 8 heteroatoms. The van der Waals surface area contributed by atoms with Crippen LogP contribution in [-0.2, 0) is 20.7 Å². The number of nitro groups is 1. The molecule has 1 aliphatic carbocycles. The molecule has 1 amide bonds. The SMILES string of the molecule is CCOC(=O)C(NC(=O)Cc1ccc(Cl)cc1[N+](=O)[O-])C1CCCCC1. The number of nitro benzene ring substituents is 1. The molecule has 0 aromatic heterocycles. The van der Waals surface area contributed by atoms with Crippen LogP contribution in [0.15, 0.2) is 18.2 Å². The maximum Gasteiger partial charge on any atom is 0.328 e. The van der Waals surface area contributed by atoms with E-state index in [1.54, 1.807) is 6.92 Å². The maximum atomic E-state index is 12.5. The quantitative estimate of drug-likeness (QED) is 0.442. The largest absolute Gasteiger partial charge is 0.464 e. The number of amides is 1. The first-order valence-electron chi connectivity index (χ1n) is 8.81. The lowest BCUT2D eigenvalue weighted by atomic mass is 9.83. The highest BCUT2D eigenvalue weighted by atomic mass is 35.5. The van der Waals surface area contributed by atoms with E-state index < -0.39 is 22.8 Å². The molecule has 0 spiro atoms. The van der Waals surface area contributed by atoms with Crippen molar-refractivity contribution in [3.8, 4) is 0 Å². The normalized spacial score (nSPS) is 15.9. The molecule has 1 aliphatic rings. The van der Waals surface area contributed by atoms with Crippen LogP contribution < -0.4 is 5.32 Å². The molecular weight excluding hydrogens is 360 g/mol. The fraction of sp³-hybridized carbons (Fsp3) is 0.556. The summed E-state index contributed by atoms with van der Waals surface area (Å²) in [5.41, 5.74) is 0.0427. The van der Waals surface area contributed by atoms with Gasteiger partial charge in [-0.15, -0.1) is 0 Å². The maximum absolute atomic E-state index is 12.5. The Morgan fingerprint density at radius 3 is 2.65 bits per heavy atom. The lowest BCUT2D eigenvalue weighted by Gasteiger charge is -2.29. The van der Waals surface area contributed by atoms with E-state index in [2.05, 4.69) is 5.32 Å². The number of carbonyl (C=O) groups excluding carboxylic acids is 2. The molecule has 1 unspecified atom stereocenters. The molecule has 1 aromatic carbocycles. The van der Waals surface area contributed by atoms with Crippen LogP contribution in [0.5, 0.6) is 0 Å². The van der Waals surface area contributed by atoms with Crippen molar-refractivity contribution in [2.75, 3.05) is 6.61 Å². The van der Waals surface area contributed by atoms with Gasteiger partial charge in [-0.2, -0.15) is 0 Å². The van der Waals surface area contributed by atoms with Gasteiger partial charge in [0, 0.05) is 16.7 Å². The summed E-state index contributed by atoms with van der Waals surface area (Å²) in [6.45, 7) is 1.95. The van der Waals surface area contributed by atoms with Gasteiger partial charge in [-0.05, 0) is 31.7 Å². The Kier molecular flexibility index (Phi) is 7.38. The Labute approximate surface area is 157 Å². The minimum atomic E-state index is -0.714. The van der Waals surface area contributed by atoms with E-state index in [0.717, 1.165) is 32.1 Å². The molecule has 1 fully saturated rings. The Bertz CT molecular complexity index is 674. The van der Waals surface area contributed by atoms with E-state index in [1.807, 2.05) is 0 Å². The molecule has 1 N–H and O–H groups in total. The van der Waals surface area contributed by atoms with Gasteiger partial charge in [0.15, 0.2) is 0 Å². The monoisotopic (exact) mass is 382 g/mol. The van der Waals surface area contributed by atoms with E-state index in [0.29, 0.717) is 0 Å². The van der Waals surface area contributed by atoms with Crippen LogP contribution in [0.2, 0.25) is 5.02 Å². The third kappa shape index (κ3) is 5.42. The second-order valence-electron chi connectivity index (χ2n) is 6.40. The van der Waals surface area contributed by atoms with Gasteiger partial charge in [-0.3, -0.25) is 14.9 Å². The summed E-state index contributed by atoms with van der Waals surface area (Å²) in [6, 6.07) is 3.46. The van der Waals surface area contributed by atoms with Crippen molar-refractivity contribution in [1.29, 1.82) is 0 Å². The molecule has 1 atom stereocenters. The number of carbonyl (C=O) groups is 2. The Morgan fingerprint density at radius 2 is 2.04 bits per heavy atom. The van der Waals surface area contributed by atoms with Crippen molar-refractivity contribution in [3.63, 3.8) is 0 Å². The van der Waals surface area contributed by atoms with Gasteiger partial charge in [0.05, 0.1) is 18.0 Å². The lowest BCUT2D eigenvalue weighted by molar-refractivity contribution is -0.385. The van der Waals surface area contributed by atoms with Crippen LogP contribution in [0.3, 0.4) is 0 Å². The zero-order chi connectivity index (χ0) is 19.1. The fourth-order valence-corrected chi connectivity index (χ4v) is 3.49. The molecule has 0 heterocycles. The van der Waals surface area contributed by atoms with Crippen LogP contribution in [0, 0.1) is 16.0 Å². The summed E-state index contributed by atoms with van der Waals surface area (Å²) in [7, 11) is 0. The zero-order valence-corrected chi connectivity index (χ0v) is 15.5. The Hall–Kier alpha value is -2.15. The summed E-state index contributed by atoms with van der Waals surface area (Å²) < 4.78 is 5.11. The molecule has 1 aromatic rings. The minimum Gasteiger partial charge on any atom is -0.464 e. The first-order valence-corrected chi connectivity index (χ1v) is 9.19. The number of halogens is 1. The van der Waals surface area contributed by atoms with Crippen LogP contribution in [-0.4, -0.2) is 29.4 Å². The molecule has 0 aliphatic heterocycles. The van der Waals surface area contributed by atoms with E-state index >= 15 is 0 Å². The van der Waals surface area contributed by atoms with E-state index in [4.69, 9.17) is 16.3 Å². The number of ether oxygens (including phenoxy) is 1. The highest BCUT2D eigenvalue weighted by Gasteiger charge is 2.32. The molecule has 0 radical (unpaired) electrons. The van der Waals surface area contributed by atoms with Gasteiger partial charge in [-0.1, -0.05) is 36.9 Å². The number of rotatable bonds is 7. The van der Waals surface area contributed by atoms with Gasteiger partial charge in [0.1, 0.15) is 6.04 Å². The summed E-state index contributed by atoms with van der Waals surface area (Å²) in [5, 5.41) is 14.1.